The van der Waals surface area contributed by atoms with Gasteiger partial charge in [-0.3, -0.25) is 14.3 Å². The molecule has 0 radical (unpaired) electrons. The second kappa shape index (κ2) is 7.43. The molecule has 1 atom stereocenters. The molecule has 0 aliphatic carbocycles. The molecule has 0 bridgehead atoms. The molecule has 1 heterocycles. The zero-order valence-electron chi connectivity index (χ0n) is 15.0. The Balaban J connectivity index is 2.22. The number of aryl methyl sites for hydroxylation is 2. The van der Waals surface area contributed by atoms with Crippen molar-refractivity contribution >= 4 is 11.7 Å². The number of carbonyl (C=O) groups excluding carboxylic acids is 2. The van der Waals surface area contributed by atoms with Crippen LogP contribution in [-0.4, -0.2) is 21.5 Å². The minimum absolute atomic E-state index is 0.181. The van der Waals surface area contributed by atoms with Gasteiger partial charge in [0, 0.05) is 12.7 Å². The van der Waals surface area contributed by atoms with Crippen LogP contribution >= 0.6 is 0 Å². The van der Waals surface area contributed by atoms with E-state index in [4.69, 9.17) is 0 Å². The molecule has 1 unspecified atom stereocenters. The van der Waals surface area contributed by atoms with Crippen molar-refractivity contribution in [2.75, 3.05) is 0 Å². The van der Waals surface area contributed by atoms with Crippen LogP contribution in [-0.2, 0) is 11.8 Å². The van der Waals surface area contributed by atoms with Crippen LogP contribution < -0.4 is 5.32 Å². The molecule has 1 N–H and O–H groups in total. The summed E-state index contributed by atoms with van der Waals surface area (Å²) >= 11 is 0. The molecule has 1 aromatic heterocycles. The fraction of sp³-hybridized carbons (Fsp3) is 0.421. The van der Waals surface area contributed by atoms with Crippen molar-refractivity contribution in [3.63, 3.8) is 0 Å². The van der Waals surface area contributed by atoms with E-state index >= 15 is 0 Å². The van der Waals surface area contributed by atoms with E-state index in [1.807, 2.05) is 30.3 Å². The summed E-state index contributed by atoms with van der Waals surface area (Å²) in [6.45, 7) is 7.73. The van der Waals surface area contributed by atoms with Gasteiger partial charge < -0.3 is 5.32 Å². The molecular weight excluding hydrogens is 302 g/mol. The molecule has 0 aliphatic rings. The first-order valence-electron chi connectivity index (χ1n) is 8.21. The van der Waals surface area contributed by atoms with E-state index in [1.54, 1.807) is 25.6 Å². The van der Waals surface area contributed by atoms with Crippen molar-refractivity contribution in [3.05, 3.63) is 52.8 Å². The molecule has 0 saturated heterocycles. The summed E-state index contributed by atoms with van der Waals surface area (Å²) in [6.07, 6.45) is 0.772. The van der Waals surface area contributed by atoms with Crippen LogP contribution in [0.2, 0.25) is 0 Å². The lowest BCUT2D eigenvalue weighted by atomic mass is 9.96. The molecule has 0 aliphatic heterocycles. The van der Waals surface area contributed by atoms with E-state index in [2.05, 4.69) is 24.3 Å². The van der Waals surface area contributed by atoms with Gasteiger partial charge in [0.2, 0.25) is 0 Å². The number of Topliss-reactive ketones (excluding diaryl/α,β-unsaturated/α-hetero) is 1. The summed E-state index contributed by atoms with van der Waals surface area (Å²) in [6, 6.07) is 9.57. The number of rotatable bonds is 6. The fourth-order valence-electron chi connectivity index (χ4n) is 2.87. The van der Waals surface area contributed by atoms with Crippen LogP contribution in [0.3, 0.4) is 0 Å². The van der Waals surface area contributed by atoms with E-state index in [-0.39, 0.29) is 6.04 Å². The predicted octanol–water partition coefficient (Wildman–Crippen LogP) is 3.12. The summed E-state index contributed by atoms with van der Waals surface area (Å²) in [7, 11) is 1.77. The van der Waals surface area contributed by atoms with Crippen molar-refractivity contribution in [1.29, 1.82) is 0 Å². The van der Waals surface area contributed by atoms with Crippen molar-refractivity contribution in [2.24, 2.45) is 13.0 Å². The van der Waals surface area contributed by atoms with Gasteiger partial charge in [-0.2, -0.15) is 5.10 Å². The van der Waals surface area contributed by atoms with E-state index in [1.165, 1.54) is 0 Å². The maximum atomic E-state index is 12.6. The minimum Gasteiger partial charge on any atom is -0.342 e. The summed E-state index contributed by atoms with van der Waals surface area (Å²) < 4.78 is 1.62. The lowest BCUT2D eigenvalue weighted by molar-refractivity contribution is -0.117. The lowest BCUT2D eigenvalue weighted by Crippen LogP contribution is -2.35. The molecule has 0 saturated carbocycles. The Morgan fingerprint density at radius 1 is 1.17 bits per heavy atom. The highest BCUT2D eigenvalue weighted by atomic mass is 16.2. The van der Waals surface area contributed by atoms with Crippen LogP contribution in [0.25, 0.3) is 0 Å². The molecular formula is C19H25N3O2. The van der Waals surface area contributed by atoms with Crippen LogP contribution in [0.4, 0.5) is 0 Å². The number of carbonyl (C=O) groups is 2. The van der Waals surface area contributed by atoms with Crippen LogP contribution in [0, 0.1) is 19.8 Å². The smallest absolute Gasteiger partial charge is 0.293 e. The number of hydrogen-bond acceptors (Lipinski definition) is 3. The molecule has 1 amide bonds. The Labute approximate surface area is 143 Å². The monoisotopic (exact) mass is 327 g/mol. The van der Waals surface area contributed by atoms with Crippen molar-refractivity contribution in [1.82, 2.24) is 15.1 Å². The van der Waals surface area contributed by atoms with Gasteiger partial charge in [-0.1, -0.05) is 44.2 Å². The van der Waals surface area contributed by atoms with E-state index in [9.17, 15) is 9.59 Å². The maximum Gasteiger partial charge on any atom is 0.293 e. The molecule has 2 aromatic rings. The SMILES string of the molecule is Cc1nn(C)c(C)c1C(=O)C(=O)NC(CC(C)C)c1ccccc1. The third-order valence-electron chi connectivity index (χ3n) is 4.16. The Morgan fingerprint density at radius 3 is 2.29 bits per heavy atom. The Morgan fingerprint density at radius 2 is 1.79 bits per heavy atom. The average Bonchev–Trinajstić information content (AvgIpc) is 2.79. The van der Waals surface area contributed by atoms with Crippen LogP contribution in [0.15, 0.2) is 30.3 Å². The molecule has 0 spiro atoms. The number of nitrogens with one attached hydrogen (secondary N) is 1. The summed E-state index contributed by atoms with van der Waals surface area (Å²) in [5.74, 6) is -0.709. The average molecular weight is 327 g/mol. The first kappa shape index (κ1) is 17.9. The van der Waals surface area contributed by atoms with Gasteiger partial charge in [0.1, 0.15) is 0 Å². The number of nitrogens with zero attached hydrogens (tertiary/aromatic N) is 2. The van der Waals surface area contributed by atoms with Gasteiger partial charge >= 0.3 is 0 Å². The lowest BCUT2D eigenvalue weighted by Gasteiger charge is -2.20. The third-order valence-corrected chi connectivity index (χ3v) is 4.16. The Kier molecular flexibility index (Phi) is 5.54. The van der Waals surface area contributed by atoms with Gasteiger partial charge in [0.15, 0.2) is 0 Å². The quantitative estimate of drug-likeness (QED) is 0.655. The van der Waals surface area contributed by atoms with Gasteiger partial charge in [0.25, 0.3) is 11.7 Å². The molecule has 5 heteroatoms. The number of amides is 1. The second-order valence-electron chi connectivity index (χ2n) is 6.56. The van der Waals surface area contributed by atoms with E-state index in [0.717, 1.165) is 12.0 Å². The van der Waals surface area contributed by atoms with E-state index in [0.29, 0.717) is 22.9 Å². The zero-order chi connectivity index (χ0) is 17.9. The standard InChI is InChI=1S/C19H25N3O2/c1-12(2)11-16(15-9-7-6-8-10-15)20-19(24)18(23)17-13(3)21-22(5)14(17)4/h6-10,12,16H,11H2,1-5H3,(H,20,24). The zero-order valence-corrected chi connectivity index (χ0v) is 15.0. The van der Waals surface area contributed by atoms with Gasteiger partial charge in [-0.25, -0.2) is 0 Å². The van der Waals surface area contributed by atoms with Gasteiger partial charge in [0.05, 0.1) is 17.3 Å². The highest BCUT2D eigenvalue weighted by Crippen LogP contribution is 2.22. The van der Waals surface area contributed by atoms with Gasteiger partial charge in [-0.15, -0.1) is 0 Å². The molecule has 1 aromatic carbocycles. The maximum absolute atomic E-state index is 12.6. The molecule has 2 rings (SSSR count). The minimum atomic E-state index is -0.580. The van der Waals surface area contributed by atoms with Crippen molar-refractivity contribution < 1.29 is 9.59 Å². The Hall–Kier alpha value is -2.43. The van der Waals surface area contributed by atoms with Crippen LogP contribution in [0.1, 0.15) is 53.6 Å². The highest BCUT2D eigenvalue weighted by molar-refractivity contribution is 6.43. The first-order valence-corrected chi connectivity index (χ1v) is 8.21. The normalized spacial score (nSPS) is 12.2. The topological polar surface area (TPSA) is 64.0 Å². The molecule has 5 nitrogen and oxygen atoms in total. The summed E-state index contributed by atoms with van der Waals surface area (Å²) in [4.78, 5) is 25.1. The first-order chi connectivity index (χ1) is 11.3. The van der Waals surface area contributed by atoms with Crippen molar-refractivity contribution in [3.8, 4) is 0 Å². The van der Waals surface area contributed by atoms with Crippen molar-refractivity contribution in [2.45, 2.75) is 40.2 Å². The second-order valence-corrected chi connectivity index (χ2v) is 6.56. The Bertz CT molecular complexity index is 733. The number of aromatic nitrogens is 2. The van der Waals surface area contributed by atoms with E-state index < -0.39 is 11.7 Å². The summed E-state index contributed by atoms with van der Waals surface area (Å²) in [5.41, 5.74) is 2.68. The molecule has 128 valence electrons. The number of ketones is 1. The molecule has 0 fully saturated rings. The van der Waals surface area contributed by atoms with Gasteiger partial charge in [-0.05, 0) is 31.7 Å². The third kappa shape index (κ3) is 3.91. The number of hydrogen-bond donors (Lipinski definition) is 1. The largest absolute Gasteiger partial charge is 0.342 e. The predicted molar refractivity (Wildman–Crippen MR) is 93.8 cm³/mol. The summed E-state index contributed by atoms with van der Waals surface area (Å²) in [5, 5.41) is 7.12. The fourth-order valence-corrected chi connectivity index (χ4v) is 2.87. The molecule has 24 heavy (non-hydrogen) atoms. The van der Waals surface area contributed by atoms with Crippen LogP contribution in [0.5, 0.6) is 0 Å². The highest BCUT2D eigenvalue weighted by Gasteiger charge is 2.26. The number of benzene rings is 1.